The second-order valence-electron chi connectivity index (χ2n) is 1.37. The molecule has 0 aliphatic heterocycles. The number of allylic oxidation sites excluding steroid dienone is 1. The molecule has 0 unspecified atom stereocenters. The van der Waals surface area contributed by atoms with E-state index in [1.54, 1.807) is 6.20 Å². The Hall–Kier alpha value is -0.395. The Morgan fingerprint density at radius 2 is 2.50 bits per heavy atom. The van der Waals surface area contributed by atoms with E-state index in [2.05, 4.69) is 7.85 Å². The van der Waals surface area contributed by atoms with Crippen LogP contribution in [-0.2, 0) is 0 Å². The topological polar surface area (TPSA) is 26.0 Å². The maximum absolute atomic E-state index is 5.12. The van der Waals surface area contributed by atoms with Crippen LogP contribution in [0.2, 0.25) is 6.32 Å². The van der Waals surface area contributed by atoms with Gasteiger partial charge in [0.2, 0.25) is 0 Å². The third kappa shape index (κ3) is 1.88. The summed E-state index contributed by atoms with van der Waals surface area (Å²) in [6, 6.07) is 0. The zero-order valence-corrected chi connectivity index (χ0v) is 4.36. The van der Waals surface area contributed by atoms with Crippen LogP contribution in [0, 0.1) is 0 Å². The molecule has 0 aliphatic carbocycles. The van der Waals surface area contributed by atoms with E-state index in [4.69, 9.17) is 5.73 Å². The number of hydrogen-bond donors (Lipinski definition) is 1. The van der Waals surface area contributed by atoms with E-state index >= 15 is 0 Å². The molecule has 6 heavy (non-hydrogen) atoms. The first-order valence-electron chi connectivity index (χ1n) is 2.18. The van der Waals surface area contributed by atoms with Crippen molar-refractivity contribution >= 4 is 7.85 Å². The number of rotatable bonds is 1. The summed E-state index contributed by atoms with van der Waals surface area (Å²) in [7, 11) is 2.08. The molecule has 0 saturated carbocycles. The highest BCUT2D eigenvalue weighted by Crippen LogP contribution is 1.89. The summed E-state index contributed by atoms with van der Waals surface area (Å²) in [5.41, 5.74) is 6.37. The Kier molecular flexibility index (Phi) is 2.64. The van der Waals surface area contributed by atoms with E-state index < -0.39 is 0 Å². The molecule has 1 nitrogen and oxygen atoms in total. The molecule has 2 N–H and O–H groups in total. The van der Waals surface area contributed by atoms with Crippen LogP contribution < -0.4 is 5.73 Å². The molecule has 2 heteroatoms. The normalized spacial score (nSPS) is 11.8. The monoisotopic (exact) mass is 83.1 g/mol. The van der Waals surface area contributed by atoms with Crippen LogP contribution >= 0.6 is 0 Å². The molecular weight excluding hydrogens is 72.9 g/mol. The van der Waals surface area contributed by atoms with Gasteiger partial charge >= 0.3 is 0 Å². The summed E-state index contributed by atoms with van der Waals surface area (Å²) >= 11 is 0. The predicted molar refractivity (Wildman–Crippen MR) is 31.3 cm³/mol. The highest BCUT2D eigenvalue weighted by Gasteiger charge is 1.74. The van der Waals surface area contributed by atoms with Gasteiger partial charge in [0.25, 0.3) is 0 Å². The van der Waals surface area contributed by atoms with Gasteiger partial charge in [-0.05, 0) is 13.1 Å². The average Bonchev–Trinajstić information content (AvgIpc) is 1.65. The first-order chi connectivity index (χ1) is 2.81. The SMILES string of the molecule is BC/C(C)=C\N. The van der Waals surface area contributed by atoms with E-state index in [9.17, 15) is 0 Å². The quantitative estimate of drug-likeness (QED) is 0.440. The average molecular weight is 82.9 g/mol. The molecule has 0 rings (SSSR count). The third-order valence-corrected chi connectivity index (χ3v) is 0.842. The minimum absolute atomic E-state index is 1.07. The fourth-order valence-electron chi connectivity index (χ4n) is 0.118. The van der Waals surface area contributed by atoms with Crippen LogP contribution in [0.4, 0.5) is 0 Å². The molecule has 0 saturated heterocycles. The number of hydrogen-bond acceptors (Lipinski definition) is 1. The van der Waals surface area contributed by atoms with E-state index in [0.29, 0.717) is 0 Å². The van der Waals surface area contributed by atoms with Crippen molar-refractivity contribution in [3.05, 3.63) is 11.8 Å². The van der Waals surface area contributed by atoms with E-state index in [1.807, 2.05) is 6.92 Å². The van der Waals surface area contributed by atoms with Gasteiger partial charge in [0.05, 0.1) is 0 Å². The molecule has 0 atom stereocenters. The van der Waals surface area contributed by atoms with Crippen molar-refractivity contribution < 1.29 is 0 Å². The standard InChI is InChI=1S/C4H10BN/c1-4(2-5)3-6/h3H,2,5-6H2,1H3/b4-3-. The summed E-state index contributed by atoms with van der Waals surface area (Å²) in [5.74, 6) is 0. The first kappa shape index (κ1) is 5.60. The van der Waals surface area contributed by atoms with E-state index in [-0.39, 0.29) is 0 Å². The van der Waals surface area contributed by atoms with Crippen LogP contribution in [0.1, 0.15) is 6.92 Å². The van der Waals surface area contributed by atoms with Crippen molar-refractivity contribution in [1.82, 2.24) is 0 Å². The molecule has 0 aromatic heterocycles. The van der Waals surface area contributed by atoms with Gasteiger partial charge in [-0.2, -0.15) is 0 Å². The molecule has 0 amide bonds. The van der Waals surface area contributed by atoms with Gasteiger partial charge in [0.1, 0.15) is 7.85 Å². The first-order valence-corrected chi connectivity index (χ1v) is 2.18. The lowest BCUT2D eigenvalue weighted by Gasteiger charge is -1.84. The molecule has 0 heterocycles. The zero-order valence-electron chi connectivity index (χ0n) is 4.36. The molecular formula is C4H10BN. The summed E-state index contributed by atoms with van der Waals surface area (Å²) in [5, 5.41) is 0. The summed E-state index contributed by atoms with van der Waals surface area (Å²) in [4.78, 5) is 0. The van der Waals surface area contributed by atoms with Crippen molar-refractivity contribution in [2.75, 3.05) is 0 Å². The van der Waals surface area contributed by atoms with Crippen LogP contribution in [0.25, 0.3) is 0 Å². The highest BCUT2D eigenvalue weighted by atomic mass is 14.5. The van der Waals surface area contributed by atoms with Crippen LogP contribution in [0.3, 0.4) is 0 Å². The van der Waals surface area contributed by atoms with Gasteiger partial charge in [-0.1, -0.05) is 11.9 Å². The number of nitrogens with two attached hydrogens (primary N) is 1. The lowest BCUT2D eigenvalue weighted by Crippen LogP contribution is -1.81. The molecule has 0 aromatic rings. The molecule has 0 aliphatic rings. The summed E-state index contributed by atoms with van der Waals surface area (Å²) in [6.07, 6.45) is 2.70. The third-order valence-electron chi connectivity index (χ3n) is 0.842. The van der Waals surface area contributed by atoms with Crippen molar-refractivity contribution in [3.63, 3.8) is 0 Å². The fraction of sp³-hybridized carbons (Fsp3) is 0.500. The Bertz CT molecular complexity index is 58.6. The molecule has 0 aromatic carbocycles. The Balaban J connectivity index is 3.22. The van der Waals surface area contributed by atoms with Crippen molar-refractivity contribution in [1.29, 1.82) is 0 Å². The van der Waals surface area contributed by atoms with Gasteiger partial charge in [0.15, 0.2) is 0 Å². The second kappa shape index (κ2) is 2.82. The van der Waals surface area contributed by atoms with Crippen molar-refractivity contribution in [2.24, 2.45) is 5.73 Å². The van der Waals surface area contributed by atoms with Crippen molar-refractivity contribution in [2.45, 2.75) is 13.2 Å². The minimum atomic E-state index is 1.07. The molecule has 0 fully saturated rings. The predicted octanol–water partition coefficient (Wildman–Crippen LogP) is -0.0997. The minimum Gasteiger partial charge on any atom is -0.405 e. The summed E-state index contributed by atoms with van der Waals surface area (Å²) in [6.45, 7) is 2.01. The van der Waals surface area contributed by atoms with Gasteiger partial charge in [0, 0.05) is 0 Å². The summed E-state index contributed by atoms with van der Waals surface area (Å²) < 4.78 is 0. The van der Waals surface area contributed by atoms with Crippen LogP contribution in [0.5, 0.6) is 0 Å². The lowest BCUT2D eigenvalue weighted by atomic mass is 9.99. The van der Waals surface area contributed by atoms with Crippen LogP contribution in [0.15, 0.2) is 11.8 Å². The highest BCUT2D eigenvalue weighted by molar-refractivity contribution is 6.10. The second-order valence-corrected chi connectivity index (χ2v) is 1.37. The maximum atomic E-state index is 5.12. The molecule has 34 valence electrons. The largest absolute Gasteiger partial charge is 0.405 e. The Morgan fingerprint density at radius 3 is 2.50 bits per heavy atom. The molecule has 0 spiro atoms. The zero-order chi connectivity index (χ0) is 4.99. The van der Waals surface area contributed by atoms with Gasteiger partial charge in [-0.25, -0.2) is 0 Å². The maximum Gasteiger partial charge on any atom is 0.106 e. The Labute approximate surface area is 39.6 Å². The van der Waals surface area contributed by atoms with E-state index in [1.165, 1.54) is 5.57 Å². The van der Waals surface area contributed by atoms with Crippen molar-refractivity contribution in [3.8, 4) is 0 Å². The van der Waals surface area contributed by atoms with Gasteiger partial charge < -0.3 is 5.73 Å². The van der Waals surface area contributed by atoms with Crippen LogP contribution in [-0.4, -0.2) is 7.85 Å². The van der Waals surface area contributed by atoms with Gasteiger partial charge in [-0.3, -0.25) is 0 Å². The Morgan fingerprint density at radius 1 is 2.00 bits per heavy atom. The fourth-order valence-corrected chi connectivity index (χ4v) is 0.118. The van der Waals surface area contributed by atoms with Gasteiger partial charge in [-0.15, -0.1) is 0 Å². The lowest BCUT2D eigenvalue weighted by molar-refractivity contribution is 1.33. The smallest absolute Gasteiger partial charge is 0.106 e. The van der Waals surface area contributed by atoms with E-state index in [0.717, 1.165) is 6.32 Å². The molecule has 0 bridgehead atoms. The molecule has 0 radical (unpaired) electrons.